The first kappa shape index (κ1) is 6.85. The summed E-state index contributed by atoms with van der Waals surface area (Å²) in [4.78, 5) is 4.43. The molecule has 0 saturated carbocycles. The fraction of sp³-hybridized carbons (Fsp3) is 0.625. The molecule has 0 radical (unpaired) electrons. The molecule has 1 heterocycles. The Balaban J connectivity index is 2.21. The highest BCUT2D eigenvalue weighted by atomic mass is 15.1. The van der Waals surface area contributed by atoms with E-state index in [9.17, 15) is 0 Å². The minimum absolute atomic E-state index is 0.231. The molecule has 3 heteroatoms. The number of amidine groups is 1. The van der Waals surface area contributed by atoms with E-state index >= 15 is 0 Å². The fourth-order valence-electron chi connectivity index (χ4n) is 1.66. The van der Waals surface area contributed by atoms with Crippen LogP contribution >= 0.6 is 0 Å². The maximum atomic E-state index is 5.77. The van der Waals surface area contributed by atoms with Gasteiger partial charge in [-0.05, 0) is 25.8 Å². The van der Waals surface area contributed by atoms with Gasteiger partial charge in [0.1, 0.15) is 0 Å². The summed E-state index contributed by atoms with van der Waals surface area (Å²) in [7, 11) is 0. The third kappa shape index (κ3) is 1.16. The van der Waals surface area contributed by atoms with Gasteiger partial charge >= 0.3 is 0 Å². The zero-order chi connectivity index (χ0) is 7.84. The molecule has 0 spiro atoms. The van der Waals surface area contributed by atoms with Crippen LogP contribution in [0.3, 0.4) is 0 Å². The maximum absolute atomic E-state index is 5.77. The quantitative estimate of drug-likeness (QED) is 0.526. The van der Waals surface area contributed by atoms with Crippen molar-refractivity contribution in [2.45, 2.75) is 31.8 Å². The van der Waals surface area contributed by atoms with Crippen LogP contribution in [-0.4, -0.2) is 17.9 Å². The van der Waals surface area contributed by atoms with Crippen molar-refractivity contribution in [3.8, 4) is 0 Å². The molecule has 0 amide bonds. The van der Waals surface area contributed by atoms with E-state index in [1.165, 1.54) is 5.70 Å². The summed E-state index contributed by atoms with van der Waals surface area (Å²) in [6, 6.07) is 0.615. The minimum Gasteiger partial charge on any atom is -0.346 e. The molecule has 0 aromatic carbocycles. The summed E-state index contributed by atoms with van der Waals surface area (Å²) in [5.74, 6) is 1.02. The standard InChI is InChI=1S/C8H13N3/c1-5-10-7-3-2-6(9)4-8(7)11-5/h4,6-7H,2-3,9H2,1H3,(H,10,11)/t6-,7?/m1/s1. The highest BCUT2D eigenvalue weighted by Crippen LogP contribution is 2.22. The van der Waals surface area contributed by atoms with Crippen molar-refractivity contribution < 1.29 is 0 Å². The minimum atomic E-state index is 0.231. The molecule has 11 heavy (non-hydrogen) atoms. The predicted octanol–water partition coefficient (Wildman–Crippen LogP) is 0.382. The Morgan fingerprint density at radius 2 is 2.45 bits per heavy atom. The van der Waals surface area contributed by atoms with Gasteiger partial charge in [0, 0.05) is 11.7 Å². The molecule has 3 N–H and O–H groups in total. The van der Waals surface area contributed by atoms with Crippen LogP contribution in [0.25, 0.3) is 0 Å². The van der Waals surface area contributed by atoms with Crippen LogP contribution in [0.2, 0.25) is 0 Å². The second-order valence-electron chi connectivity index (χ2n) is 3.22. The number of nitrogens with one attached hydrogen (secondary N) is 1. The van der Waals surface area contributed by atoms with Gasteiger partial charge in [-0.3, -0.25) is 4.99 Å². The molecule has 1 aliphatic heterocycles. The van der Waals surface area contributed by atoms with Crippen molar-refractivity contribution in [1.29, 1.82) is 0 Å². The Morgan fingerprint density at radius 3 is 3.27 bits per heavy atom. The Kier molecular flexibility index (Phi) is 1.46. The smallest absolute Gasteiger partial charge is 0.0981 e. The van der Waals surface area contributed by atoms with Crippen LogP contribution in [0.1, 0.15) is 19.8 Å². The van der Waals surface area contributed by atoms with Gasteiger partial charge in [-0.15, -0.1) is 0 Å². The number of nitrogens with zero attached hydrogens (tertiary/aromatic N) is 1. The van der Waals surface area contributed by atoms with Gasteiger partial charge in [-0.25, -0.2) is 0 Å². The molecule has 2 atom stereocenters. The summed E-state index contributed by atoms with van der Waals surface area (Å²) in [6.45, 7) is 1.99. The molecular weight excluding hydrogens is 138 g/mol. The SMILES string of the molecule is CC1=NC2CC[C@@H](N)C=C2N1. The second-order valence-corrected chi connectivity index (χ2v) is 3.22. The number of hydrogen-bond acceptors (Lipinski definition) is 3. The van der Waals surface area contributed by atoms with E-state index in [-0.39, 0.29) is 6.04 Å². The van der Waals surface area contributed by atoms with Crippen LogP contribution in [0.5, 0.6) is 0 Å². The van der Waals surface area contributed by atoms with Crippen molar-refractivity contribution in [2.75, 3.05) is 0 Å². The molecule has 2 rings (SSSR count). The number of fused-ring (bicyclic) bond motifs is 1. The monoisotopic (exact) mass is 151 g/mol. The summed E-state index contributed by atoms with van der Waals surface area (Å²) >= 11 is 0. The molecule has 0 aromatic rings. The van der Waals surface area contributed by atoms with E-state index in [0.717, 1.165) is 18.7 Å². The van der Waals surface area contributed by atoms with Gasteiger partial charge in [0.15, 0.2) is 0 Å². The van der Waals surface area contributed by atoms with Crippen LogP contribution < -0.4 is 11.1 Å². The lowest BCUT2D eigenvalue weighted by Gasteiger charge is -2.19. The molecule has 60 valence electrons. The van der Waals surface area contributed by atoms with Gasteiger partial charge in [0.05, 0.1) is 11.9 Å². The molecular formula is C8H13N3. The first-order valence-electron chi connectivity index (χ1n) is 4.04. The lowest BCUT2D eigenvalue weighted by atomic mass is 9.97. The fourth-order valence-corrected chi connectivity index (χ4v) is 1.66. The van der Waals surface area contributed by atoms with Gasteiger partial charge in [-0.1, -0.05) is 0 Å². The average molecular weight is 151 g/mol. The number of hydrogen-bond donors (Lipinski definition) is 2. The van der Waals surface area contributed by atoms with Gasteiger partial charge in [-0.2, -0.15) is 0 Å². The van der Waals surface area contributed by atoms with E-state index in [1.807, 2.05) is 6.92 Å². The van der Waals surface area contributed by atoms with Crippen LogP contribution in [0, 0.1) is 0 Å². The second kappa shape index (κ2) is 2.34. The molecule has 0 bridgehead atoms. The molecule has 0 saturated heterocycles. The third-order valence-corrected chi connectivity index (χ3v) is 2.20. The summed E-state index contributed by atoms with van der Waals surface area (Å²) in [5, 5.41) is 3.22. The zero-order valence-corrected chi connectivity index (χ0v) is 6.67. The Hall–Kier alpha value is -0.830. The lowest BCUT2D eigenvalue weighted by Crippen LogP contribution is -2.29. The predicted molar refractivity (Wildman–Crippen MR) is 45.3 cm³/mol. The highest BCUT2D eigenvalue weighted by Gasteiger charge is 2.24. The molecule has 2 aliphatic rings. The van der Waals surface area contributed by atoms with Gasteiger partial charge in [0.25, 0.3) is 0 Å². The Bertz CT molecular complexity index is 229. The first-order valence-corrected chi connectivity index (χ1v) is 4.04. The Morgan fingerprint density at radius 1 is 1.64 bits per heavy atom. The largest absolute Gasteiger partial charge is 0.346 e. The summed E-state index contributed by atoms with van der Waals surface area (Å²) in [5.41, 5.74) is 6.98. The van der Waals surface area contributed by atoms with Crippen LogP contribution in [0.4, 0.5) is 0 Å². The zero-order valence-electron chi connectivity index (χ0n) is 6.67. The summed E-state index contributed by atoms with van der Waals surface area (Å²) in [6.07, 6.45) is 4.25. The molecule has 0 fully saturated rings. The third-order valence-electron chi connectivity index (χ3n) is 2.20. The number of nitrogens with two attached hydrogens (primary N) is 1. The molecule has 0 aromatic heterocycles. The molecule has 3 nitrogen and oxygen atoms in total. The van der Waals surface area contributed by atoms with E-state index in [1.54, 1.807) is 0 Å². The van der Waals surface area contributed by atoms with Crippen LogP contribution in [0.15, 0.2) is 16.8 Å². The van der Waals surface area contributed by atoms with Crippen molar-refractivity contribution >= 4 is 5.84 Å². The van der Waals surface area contributed by atoms with Crippen molar-refractivity contribution in [3.63, 3.8) is 0 Å². The maximum Gasteiger partial charge on any atom is 0.0981 e. The van der Waals surface area contributed by atoms with E-state index in [0.29, 0.717) is 6.04 Å². The van der Waals surface area contributed by atoms with Crippen molar-refractivity contribution in [3.05, 3.63) is 11.8 Å². The lowest BCUT2D eigenvalue weighted by molar-refractivity contribution is 0.570. The number of rotatable bonds is 0. The van der Waals surface area contributed by atoms with E-state index in [2.05, 4.69) is 16.4 Å². The van der Waals surface area contributed by atoms with Crippen molar-refractivity contribution in [1.82, 2.24) is 5.32 Å². The first-order chi connectivity index (χ1) is 5.25. The normalized spacial score (nSPS) is 35.5. The summed E-state index contributed by atoms with van der Waals surface area (Å²) < 4.78 is 0. The van der Waals surface area contributed by atoms with E-state index in [4.69, 9.17) is 5.73 Å². The molecule has 1 aliphatic carbocycles. The Labute approximate surface area is 66.4 Å². The topological polar surface area (TPSA) is 50.4 Å². The molecule has 1 unspecified atom stereocenters. The highest BCUT2D eigenvalue weighted by molar-refractivity contribution is 5.84. The van der Waals surface area contributed by atoms with Crippen LogP contribution in [-0.2, 0) is 0 Å². The van der Waals surface area contributed by atoms with Gasteiger partial charge in [0.2, 0.25) is 0 Å². The number of aliphatic imine (C=N–C) groups is 1. The van der Waals surface area contributed by atoms with Crippen molar-refractivity contribution in [2.24, 2.45) is 10.7 Å². The van der Waals surface area contributed by atoms with E-state index < -0.39 is 0 Å². The average Bonchev–Trinajstić information content (AvgIpc) is 2.27. The van der Waals surface area contributed by atoms with Gasteiger partial charge < -0.3 is 11.1 Å².